The van der Waals surface area contributed by atoms with Gasteiger partial charge in [0.1, 0.15) is 6.61 Å². The number of carbonyl (C=O) groups excluding carboxylic acids is 1. The molecular formula is C18H20N4O3S. The molecule has 0 bridgehead atoms. The number of nitrogens with zero attached hydrogens (tertiary/aromatic N) is 3. The number of ether oxygens (including phenoxy) is 1. The fourth-order valence-corrected chi connectivity index (χ4v) is 3.30. The van der Waals surface area contributed by atoms with Gasteiger partial charge >= 0.3 is 5.97 Å². The topological polar surface area (TPSA) is 85.6 Å². The number of benzene rings is 1. The fraction of sp³-hybridized carbons (Fsp3) is 0.333. The Labute approximate surface area is 154 Å². The van der Waals surface area contributed by atoms with Crippen molar-refractivity contribution in [3.8, 4) is 0 Å². The van der Waals surface area contributed by atoms with Crippen LogP contribution in [0.5, 0.6) is 0 Å². The Kier molecular flexibility index (Phi) is 5.62. The zero-order valence-corrected chi connectivity index (χ0v) is 15.5. The molecule has 2 aromatic heterocycles. The number of esters is 1. The van der Waals surface area contributed by atoms with E-state index in [0.29, 0.717) is 21.2 Å². The SMILES string of the molecule is CCCCNc1ccccc1C(=O)OCc1nn2c(=O)cc(C)nc2s1. The zero-order chi connectivity index (χ0) is 18.5. The Hall–Kier alpha value is -2.74. The summed E-state index contributed by atoms with van der Waals surface area (Å²) in [5.41, 5.74) is 1.63. The van der Waals surface area contributed by atoms with Gasteiger partial charge in [0.15, 0.2) is 5.01 Å². The molecule has 7 nitrogen and oxygen atoms in total. The average molecular weight is 372 g/mol. The maximum absolute atomic E-state index is 12.4. The standard InChI is InChI=1S/C18H20N4O3S/c1-3-4-9-19-14-8-6-5-7-13(14)17(24)25-11-15-21-22-16(23)10-12(2)20-18(22)26-15/h5-8,10,19H,3-4,9,11H2,1-2H3. The molecule has 0 aliphatic carbocycles. The highest BCUT2D eigenvalue weighted by Gasteiger charge is 2.14. The summed E-state index contributed by atoms with van der Waals surface area (Å²) in [6.45, 7) is 4.66. The number of fused-ring (bicyclic) bond motifs is 1. The van der Waals surface area contributed by atoms with Crippen LogP contribution in [0.2, 0.25) is 0 Å². The molecule has 1 N–H and O–H groups in total. The van der Waals surface area contributed by atoms with E-state index in [4.69, 9.17) is 4.74 Å². The number of unbranched alkanes of at least 4 members (excludes halogenated alkanes) is 1. The lowest BCUT2D eigenvalue weighted by Gasteiger charge is -2.10. The third kappa shape index (κ3) is 4.08. The first-order chi connectivity index (χ1) is 12.6. The number of carbonyl (C=O) groups is 1. The van der Waals surface area contributed by atoms with Gasteiger partial charge in [-0.05, 0) is 25.5 Å². The molecule has 0 aliphatic heterocycles. The molecular weight excluding hydrogens is 352 g/mol. The van der Waals surface area contributed by atoms with Crippen LogP contribution in [-0.4, -0.2) is 27.1 Å². The van der Waals surface area contributed by atoms with Crippen LogP contribution in [0.1, 0.15) is 40.8 Å². The molecule has 3 aromatic rings. The normalized spacial score (nSPS) is 10.8. The third-order valence-corrected chi connectivity index (χ3v) is 4.62. The first kappa shape index (κ1) is 18.1. The summed E-state index contributed by atoms with van der Waals surface area (Å²) >= 11 is 1.23. The van der Waals surface area contributed by atoms with Gasteiger partial charge < -0.3 is 10.1 Å². The number of rotatable bonds is 7. The van der Waals surface area contributed by atoms with Gasteiger partial charge in [-0.3, -0.25) is 4.79 Å². The van der Waals surface area contributed by atoms with Crippen LogP contribution in [0.3, 0.4) is 0 Å². The maximum atomic E-state index is 12.4. The number of para-hydroxylation sites is 1. The van der Waals surface area contributed by atoms with Crippen molar-refractivity contribution in [3.05, 3.63) is 57.0 Å². The second-order valence-corrected chi connectivity index (χ2v) is 6.87. The average Bonchev–Trinajstić information content (AvgIpc) is 3.03. The van der Waals surface area contributed by atoms with Crippen LogP contribution in [0.15, 0.2) is 35.1 Å². The summed E-state index contributed by atoms with van der Waals surface area (Å²) in [4.78, 5) is 29.1. The van der Waals surface area contributed by atoms with E-state index in [-0.39, 0.29) is 12.2 Å². The molecule has 0 amide bonds. The molecule has 136 valence electrons. The van der Waals surface area contributed by atoms with E-state index in [1.54, 1.807) is 19.1 Å². The smallest absolute Gasteiger partial charge is 0.340 e. The minimum Gasteiger partial charge on any atom is -0.455 e. The Morgan fingerprint density at radius 2 is 2.15 bits per heavy atom. The minimum atomic E-state index is -0.430. The summed E-state index contributed by atoms with van der Waals surface area (Å²) < 4.78 is 6.61. The fourth-order valence-electron chi connectivity index (χ4n) is 2.44. The van der Waals surface area contributed by atoms with Crippen LogP contribution in [-0.2, 0) is 11.3 Å². The monoisotopic (exact) mass is 372 g/mol. The van der Waals surface area contributed by atoms with Gasteiger partial charge in [-0.25, -0.2) is 9.78 Å². The van der Waals surface area contributed by atoms with Crippen molar-refractivity contribution in [1.82, 2.24) is 14.6 Å². The molecule has 0 aliphatic rings. The minimum absolute atomic E-state index is 0.00532. The predicted molar refractivity (Wildman–Crippen MR) is 101 cm³/mol. The summed E-state index contributed by atoms with van der Waals surface area (Å²) in [7, 11) is 0. The van der Waals surface area contributed by atoms with E-state index < -0.39 is 5.97 Å². The molecule has 0 saturated carbocycles. The largest absolute Gasteiger partial charge is 0.455 e. The van der Waals surface area contributed by atoms with Crippen LogP contribution in [0, 0.1) is 6.92 Å². The lowest BCUT2D eigenvalue weighted by atomic mass is 10.1. The lowest BCUT2D eigenvalue weighted by Crippen LogP contribution is -2.14. The number of aryl methyl sites for hydroxylation is 1. The van der Waals surface area contributed by atoms with Gasteiger partial charge in [0.05, 0.1) is 5.56 Å². The third-order valence-electron chi connectivity index (χ3n) is 3.73. The highest BCUT2D eigenvalue weighted by molar-refractivity contribution is 7.16. The van der Waals surface area contributed by atoms with E-state index >= 15 is 0 Å². The summed E-state index contributed by atoms with van der Waals surface area (Å²) in [5, 5.41) is 7.95. The van der Waals surface area contributed by atoms with E-state index in [9.17, 15) is 9.59 Å². The van der Waals surface area contributed by atoms with Crippen molar-refractivity contribution in [1.29, 1.82) is 0 Å². The molecule has 26 heavy (non-hydrogen) atoms. The number of nitrogens with one attached hydrogen (secondary N) is 1. The zero-order valence-electron chi connectivity index (χ0n) is 14.7. The highest BCUT2D eigenvalue weighted by atomic mass is 32.1. The van der Waals surface area contributed by atoms with Gasteiger partial charge in [0.2, 0.25) is 4.96 Å². The number of hydrogen-bond acceptors (Lipinski definition) is 7. The van der Waals surface area contributed by atoms with Crippen molar-refractivity contribution in [2.45, 2.75) is 33.3 Å². The van der Waals surface area contributed by atoms with E-state index in [1.807, 2.05) is 12.1 Å². The van der Waals surface area contributed by atoms with Gasteiger partial charge in [0, 0.05) is 24.0 Å². The Bertz CT molecular complexity index is 980. The van der Waals surface area contributed by atoms with E-state index in [1.165, 1.54) is 21.9 Å². The molecule has 0 atom stereocenters. The number of anilines is 1. The van der Waals surface area contributed by atoms with Crippen LogP contribution < -0.4 is 10.9 Å². The number of aromatic nitrogens is 3. The number of hydrogen-bond donors (Lipinski definition) is 1. The molecule has 3 rings (SSSR count). The molecule has 8 heteroatoms. The lowest BCUT2D eigenvalue weighted by molar-refractivity contribution is 0.0472. The second kappa shape index (κ2) is 8.09. The van der Waals surface area contributed by atoms with Crippen LogP contribution >= 0.6 is 11.3 Å². The first-order valence-corrected chi connectivity index (χ1v) is 9.26. The summed E-state index contributed by atoms with van der Waals surface area (Å²) in [6, 6.07) is 8.67. The highest BCUT2D eigenvalue weighted by Crippen LogP contribution is 2.18. The summed E-state index contributed by atoms with van der Waals surface area (Å²) in [6.07, 6.45) is 2.10. The molecule has 0 radical (unpaired) electrons. The Morgan fingerprint density at radius 1 is 1.35 bits per heavy atom. The first-order valence-electron chi connectivity index (χ1n) is 8.45. The quantitative estimate of drug-likeness (QED) is 0.507. The van der Waals surface area contributed by atoms with Crippen molar-refractivity contribution in [2.24, 2.45) is 0 Å². The Balaban J connectivity index is 1.71. The van der Waals surface area contributed by atoms with Gasteiger partial charge in [-0.15, -0.1) is 0 Å². The molecule has 0 saturated heterocycles. The van der Waals surface area contributed by atoms with E-state index in [0.717, 1.165) is 25.1 Å². The van der Waals surface area contributed by atoms with E-state index in [2.05, 4.69) is 22.3 Å². The molecule has 2 heterocycles. The van der Waals surface area contributed by atoms with Crippen LogP contribution in [0.25, 0.3) is 4.96 Å². The molecule has 0 unspecified atom stereocenters. The van der Waals surface area contributed by atoms with Gasteiger partial charge in [-0.1, -0.05) is 36.8 Å². The summed E-state index contributed by atoms with van der Waals surface area (Å²) in [5.74, 6) is -0.430. The van der Waals surface area contributed by atoms with Crippen molar-refractivity contribution in [3.63, 3.8) is 0 Å². The van der Waals surface area contributed by atoms with Crippen molar-refractivity contribution >= 4 is 28.0 Å². The molecule has 1 aromatic carbocycles. The maximum Gasteiger partial charge on any atom is 0.340 e. The predicted octanol–water partition coefficient (Wildman–Crippen LogP) is 3.03. The Morgan fingerprint density at radius 3 is 2.96 bits per heavy atom. The van der Waals surface area contributed by atoms with Gasteiger partial charge in [-0.2, -0.15) is 9.61 Å². The molecule has 0 fully saturated rings. The van der Waals surface area contributed by atoms with Crippen molar-refractivity contribution in [2.75, 3.05) is 11.9 Å². The second-order valence-electron chi connectivity index (χ2n) is 5.83. The van der Waals surface area contributed by atoms with Crippen molar-refractivity contribution < 1.29 is 9.53 Å². The van der Waals surface area contributed by atoms with Crippen LogP contribution in [0.4, 0.5) is 5.69 Å². The molecule has 0 spiro atoms. The van der Waals surface area contributed by atoms with Gasteiger partial charge in [0.25, 0.3) is 5.56 Å².